The Kier molecular flexibility index (Phi) is 8.87. The number of rotatable bonds is 7. The van der Waals surface area contributed by atoms with E-state index in [4.69, 9.17) is 8.83 Å². The Morgan fingerprint density at radius 2 is 0.819 bits per heavy atom. The molecule has 2 heterocycles. The molecule has 1 aliphatic rings. The van der Waals surface area contributed by atoms with E-state index in [0.717, 1.165) is 94.0 Å². The fourth-order valence-corrected chi connectivity index (χ4v) is 12.1. The maximum Gasteiger partial charge on any atom is 0.143 e. The maximum atomic E-state index is 6.83. The van der Waals surface area contributed by atoms with Crippen molar-refractivity contribution in [2.45, 2.75) is 5.41 Å². The summed E-state index contributed by atoms with van der Waals surface area (Å²) >= 11 is 0. The van der Waals surface area contributed by atoms with Crippen molar-refractivity contribution in [2.24, 2.45) is 0 Å². The summed E-state index contributed by atoms with van der Waals surface area (Å²) in [6, 6.07) is 94.8. The molecular weight excluding hydrogens is 875 g/mol. The topological polar surface area (TPSA) is 29.5 Å². The molecular formula is C69H43NO2. The quantitative estimate of drug-likeness (QED) is 0.160. The molecule has 2 aromatic heterocycles. The number of para-hydroxylation sites is 1. The molecule has 3 heteroatoms. The summed E-state index contributed by atoms with van der Waals surface area (Å²) < 4.78 is 13.3. The molecule has 0 saturated heterocycles. The average Bonchev–Trinajstić information content (AvgIpc) is 4.13. The molecule has 12 aromatic carbocycles. The maximum absolute atomic E-state index is 6.83. The number of nitrogens with zero attached hydrogens (tertiary/aromatic N) is 1. The molecule has 0 unspecified atom stereocenters. The Morgan fingerprint density at radius 3 is 1.51 bits per heavy atom. The Bertz CT molecular complexity index is 4390. The minimum Gasteiger partial charge on any atom is -0.455 e. The highest BCUT2D eigenvalue weighted by Gasteiger charge is 2.47. The van der Waals surface area contributed by atoms with Crippen molar-refractivity contribution >= 4 is 82.5 Å². The van der Waals surface area contributed by atoms with Crippen LogP contribution in [0.4, 0.5) is 17.1 Å². The molecule has 15 rings (SSSR count). The lowest BCUT2D eigenvalue weighted by atomic mass is 9.68. The fraction of sp³-hybridized carbons (Fsp3) is 0.0145. The van der Waals surface area contributed by atoms with E-state index in [9.17, 15) is 0 Å². The second-order valence-corrected chi connectivity index (χ2v) is 19.1. The van der Waals surface area contributed by atoms with Gasteiger partial charge in [0, 0.05) is 54.8 Å². The van der Waals surface area contributed by atoms with Gasteiger partial charge in [-0.1, -0.05) is 206 Å². The minimum absolute atomic E-state index is 0.539. The molecule has 0 atom stereocenters. The van der Waals surface area contributed by atoms with Crippen LogP contribution in [0, 0.1) is 0 Å². The van der Waals surface area contributed by atoms with Gasteiger partial charge >= 0.3 is 0 Å². The van der Waals surface area contributed by atoms with Gasteiger partial charge in [-0.3, -0.25) is 0 Å². The molecule has 0 bridgehead atoms. The number of furan rings is 2. The Hall–Kier alpha value is -9.44. The highest BCUT2D eigenvalue weighted by Crippen LogP contribution is 2.59. The van der Waals surface area contributed by atoms with E-state index < -0.39 is 5.41 Å². The van der Waals surface area contributed by atoms with Gasteiger partial charge in [0.05, 0.1) is 11.1 Å². The number of benzene rings is 12. The van der Waals surface area contributed by atoms with Crippen LogP contribution >= 0.6 is 0 Å². The van der Waals surface area contributed by atoms with E-state index in [1.807, 2.05) is 0 Å². The van der Waals surface area contributed by atoms with Gasteiger partial charge in [-0.15, -0.1) is 0 Å². The third-order valence-corrected chi connectivity index (χ3v) is 15.3. The SMILES string of the molecule is c1ccc(C2(c3ccccc3)c3ccccc3-c3c(N(c4ccc(-c5ccc6oc7c8ccccc8ccc7c6c5)cc4)c4ccc(-c5cccc6c5oc5c7ccccc7ccc65)cc4)cccc32)cc1. The molecule has 0 saturated carbocycles. The smallest absolute Gasteiger partial charge is 0.143 e. The first-order chi connectivity index (χ1) is 35.7. The third-order valence-electron chi connectivity index (χ3n) is 15.3. The first-order valence-corrected chi connectivity index (χ1v) is 24.7. The zero-order valence-electron chi connectivity index (χ0n) is 39.1. The molecule has 0 fully saturated rings. The van der Waals surface area contributed by atoms with Gasteiger partial charge in [-0.05, 0) is 110 Å². The zero-order valence-corrected chi connectivity index (χ0v) is 39.1. The van der Waals surface area contributed by atoms with Crippen molar-refractivity contribution in [3.8, 4) is 33.4 Å². The molecule has 0 N–H and O–H groups in total. The number of fused-ring (bicyclic) bond motifs is 13. The van der Waals surface area contributed by atoms with Crippen molar-refractivity contribution in [1.29, 1.82) is 0 Å². The number of hydrogen-bond donors (Lipinski definition) is 0. The van der Waals surface area contributed by atoms with E-state index in [0.29, 0.717) is 0 Å². The van der Waals surface area contributed by atoms with Crippen LogP contribution in [0.1, 0.15) is 22.3 Å². The van der Waals surface area contributed by atoms with Crippen molar-refractivity contribution in [3.63, 3.8) is 0 Å². The monoisotopic (exact) mass is 917 g/mol. The predicted octanol–water partition coefficient (Wildman–Crippen LogP) is 19.0. The summed E-state index contributed by atoms with van der Waals surface area (Å²) in [5.41, 5.74) is 18.2. The molecule has 336 valence electrons. The van der Waals surface area contributed by atoms with Gasteiger partial charge in [0.2, 0.25) is 0 Å². The van der Waals surface area contributed by atoms with Gasteiger partial charge in [-0.25, -0.2) is 0 Å². The second kappa shape index (κ2) is 15.8. The lowest BCUT2D eigenvalue weighted by Crippen LogP contribution is -2.28. The fourth-order valence-electron chi connectivity index (χ4n) is 12.1. The van der Waals surface area contributed by atoms with Gasteiger partial charge in [0.15, 0.2) is 0 Å². The lowest BCUT2D eigenvalue weighted by Gasteiger charge is -2.34. The van der Waals surface area contributed by atoms with Crippen LogP contribution in [0.25, 0.3) is 98.8 Å². The summed E-state index contributed by atoms with van der Waals surface area (Å²) in [7, 11) is 0. The molecule has 14 aromatic rings. The Labute approximate surface area is 416 Å². The summed E-state index contributed by atoms with van der Waals surface area (Å²) in [4.78, 5) is 2.45. The van der Waals surface area contributed by atoms with Crippen molar-refractivity contribution < 1.29 is 8.83 Å². The largest absolute Gasteiger partial charge is 0.455 e. The van der Waals surface area contributed by atoms with Crippen LogP contribution in [0.5, 0.6) is 0 Å². The summed E-state index contributed by atoms with van der Waals surface area (Å²) in [6.07, 6.45) is 0. The van der Waals surface area contributed by atoms with Gasteiger partial charge in [-0.2, -0.15) is 0 Å². The normalized spacial score (nSPS) is 12.8. The number of anilines is 3. The third kappa shape index (κ3) is 5.92. The van der Waals surface area contributed by atoms with Crippen LogP contribution in [-0.4, -0.2) is 0 Å². The Balaban J connectivity index is 0.908. The van der Waals surface area contributed by atoms with Gasteiger partial charge < -0.3 is 13.7 Å². The van der Waals surface area contributed by atoms with E-state index >= 15 is 0 Å². The number of hydrogen-bond acceptors (Lipinski definition) is 3. The van der Waals surface area contributed by atoms with Crippen LogP contribution in [0.3, 0.4) is 0 Å². The van der Waals surface area contributed by atoms with Crippen LogP contribution in [-0.2, 0) is 5.41 Å². The molecule has 0 amide bonds. The standard InChI is InChI=1S/C69H43NO2/c1-3-17-49(18-4-1)69(50-19-5-2-6-20-50)61-26-12-11-23-59(61)65-62(69)27-14-28-63(65)70(51-36-29-44(30-37-51)48-35-42-64-60(43-48)58-41-34-45-15-7-9-21-53(45)66(58)71-64)52-38-31-47(32-39-52)55-24-13-25-56-57-40-33-46-16-8-10-22-54(46)68(57)72-67(55)56/h1-43H. The highest BCUT2D eigenvalue weighted by molar-refractivity contribution is 6.18. The van der Waals surface area contributed by atoms with E-state index in [1.165, 1.54) is 44.2 Å². The first-order valence-electron chi connectivity index (χ1n) is 24.7. The summed E-state index contributed by atoms with van der Waals surface area (Å²) in [6.45, 7) is 0. The predicted molar refractivity (Wildman–Crippen MR) is 299 cm³/mol. The molecule has 0 aliphatic heterocycles. The van der Waals surface area contributed by atoms with Crippen molar-refractivity contribution in [2.75, 3.05) is 4.90 Å². The molecule has 1 aliphatic carbocycles. The Morgan fingerprint density at radius 1 is 0.306 bits per heavy atom. The molecule has 72 heavy (non-hydrogen) atoms. The zero-order chi connectivity index (χ0) is 47.3. The van der Waals surface area contributed by atoms with Crippen LogP contribution in [0.2, 0.25) is 0 Å². The van der Waals surface area contributed by atoms with Gasteiger partial charge in [0.25, 0.3) is 0 Å². The van der Waals surface area contributed by atoms with Crippen LogP contribution < -0.4 is 4.90 Å². The van der Waals surface area contributed by atoms with Crippen molar-refractivity contribution in [3.05, 3.63) is 283 Å². The van der Waals surface area contributed by atoms with E-state index in [1.54, 1.807) is 0 Å². The molecule has 3 nitrogen and oxygen atoms in total. The summed E-state index contributed by atoms with van der Waals surface area (Å²) in [5.74, 6) is 0. The molecule has 0 radical (unpaired) electrons. The minimum atomic E-state index is -0.539. The lowest BCUT2D eigenvalue weighted by molar-refractivity contribution is 0.672. The van der Waals surface area contributed by atoms with E-state index in [-0.39, 0.29) is 0 Å². The first kappa shape index (κ1) is 40.4. The van der Waals surface area contributed by atoms with Crippen molar-refractivity contribution in [1.82, 2.24) is 0 Å². The van der Waals surface area contributed by atoms with Gasteiger partial charge in [0.1, 0.15) is 22.3 Å². The highest BCUT2D eigenvalue weighted by atomic mass is 16.3. The molecule has 0 spiro atoms. The van der Waals surface area contributed by atoms with Crippen LogP contribution in [0.15, 0.2) is 270 Å². The second-order valence-electron chi connectivity index (χ2n) is 19.1. The average molecular weight is 918 g/mol. The summed E-state index contributed by atoms with van der Waals surface area (Å²) in [5, 5.41) is 9.09. The van der Waals surface area contributed by atoms with E-state index in [2.05, 4.69) is 266 Å².